The molecule has 1 atom stereocenters. The Balaban J connectivity index is 2.23. The van der Waals surface area contributed by atoms with Gasteiger partial charge in [0.2, 0.25) is 0 Å². The van der Waals surface area contributed by atoms with Crippen molar-refractivity contribution in [1.29, 1.82) is 0 Å². The highest BCUT2D eigenvalue weighted by molar-refractivity contribution is 6.17. The molecule has 100 valence electrons. The molecule has 2 heterocycles. The standard InChI is InChI=1S/C13H17Cl2NO2/c1-2-3-4-12-17-8-10-9(5-14)7-16-11(6-15)13(10)18-12/h7,12H,2-6,8H2,1H3. The molecule has 2 rings (SSSR count). The van der Waals surface area contributed by atoms with Crippen LogP contribution in [0.3, 0.4) is 0 Å². The van der Waals surface area contributed by atoms with Gasteiger partial charge in [-0.05, 0) is 12.0 Å². The average molecular weight is 290 g/mol. The summed E-state index contributed by atoms with van der Waals surface area (Å²) in [6, 6.07) is 0. The van der Waals surface area contributed by atoms with E-state index in [0.717, 1.165) is 41.8 Å². The molecule has 1 aromatic heterocycles. The number of nitrogens with zero attached hydrogens (tertiary/aromatic N) is 1. The van der Waals surface area contributed by atoms with Crippen LogP contribution in [0.4, 0.5) is 0 Å². The van der Waals surface area contributed by atoms with Gasteiger partial charge in [0.15, 0.2) is 12.0 Å². The summed E-state index contributed by atoms with van der Waals surface area (Å²) in [6.07, 6.45) is 4.66. The fourth-order valence-corrected chi connectivity index (χ4v) is 2.40. The quantitative estimate of drug-likeness (QED) is 0.768. The summed E-state index contributed by atoms with van der Waals surface area (Å²) in [6.45, 7) is 2.67. The van der Waals surface area contributed by atoms with Crippen LogP contribution in [0.5, 0.6) is 5.75 Å². The lowest BCUT2D eigenvalue weighted by atomic mass is 10.1. The van der Waals surface area contributed by atoms with Gasteiger partial charge in [0.1, 0.15) is 0 Å². The molecule has 0 aromatic carbocycles. The van der Waals surface area contributed by atoms with Crippen molar-refractivity contribution < 1.29 is 9.47 Å². The van der Waals surface area contributed by atoms with Crippen LogP contribution < -0.4 is 4.74 Å². The second kappa shape index (κ2) is 6.60. The molecule has 1 aromatic rings. The van der Waals surface area contributed by atoms with Crippen LogP contribution in [0, 0.1) is 0 Å². The number of hydrogen-bond donors (Lipinski definition) is 0. The molecular formula is C13H17Cl2NO2. The van der Waals surface area contributed by atoms with Gasteiger partial charge >= 0.3 is 0 Å². The minimum Gasteiger partial charge on any atom is -0.463 e. The second-order valence-electron chi connectivity index (χ2n) is 4.31. The van der Waals surface area contributed by atoms with E-state index in [-0.39, 0.29) is 6.29 Å². The van der Waals surface area contributed by atoms with Crippen molar-refractivity contribution in [3.05, 3.63) is 23.0 Å². The summed E-state index contributed by atoms with van der Waals surface area (Å²) in [5.74, 6) is 1.52. The largest absolute Gasteiger partial charge is 0.463 e. The highest BCUT2D eigenvalue weighted by Crippen LogP contribution is 2.34. The van der Waals surface area contributed by atoms with E-state index in [1.54, 1.807) is 6.20 Å². The molecule has 0 bridgehead atoms. The Morgan fingerprint density at radius 1 is 1.39 bits per heavy atom. The highest BCUT2D eigenvalue weighted by Gasteiger charge is 2.25. The molecule has 0 spiro atoms. The average Bonchev–Trinajstić information content (AvgIpc) is 2.43. The third-order valence-electron chi connectivity index (χ3n) is 3.03. The van der Waals surface area contributed by atoms with Gasteiger partial charge in [0.05, 0.1) is 18.2 Å². The van der Waals surface area contributed by atoms with E-state index in [9.17, 15) is 0 Å². The molecule has 1 unspecified atom stereocenters. The number of hydrogen-bond acceptors (Lipinski definition) is 3. The maximum absolute atomic E-state index is 5.90. The number of fused-ring (bicyclic) bond motifs is 1. The van der Waals surface area contributed by atoms with Gasteiger partial charge in [0.25, 0.3) is 0 Å². The minimum absolute atomic E-state index is 0.188. The number of aromatic nitrogens is 1. The number of halogens is 2. The van der Waals surface area contributed by atoms with Crippen LogP contribution in [0.15, 0.2) is 6.20 Å². The summed E-state index contributed by atoms with van der Waals surface area (Å²) in [5, 5.41) is 0. The molecule has 0 amide bonds. The van der Waals surface area contributed by atoms with E-state index in [1.165, 1.54) is 0 Å². The minimum atomic E-state index is -0.188. The zero-order valence-electron chi connectivity index (χ0n) is 10.4. The maximum atomic E-state index is 5.90. The normalized spacial score (nSPS) is 18.3. The molecule has 1 aliphatic heterocycles. The van der Waals surface area contributed by atoms with Gasteiger partial charge in [-0.2, -0.15) is 0 Å². The summed E-state index contributed by atoms with van der Waals surface area (Å²) in [5.41, 5.74) is 2.71. The van der Waals surface area contributed by atoms with Crippen molar-refractivity contribution in [2.75, 3.05) is 0 Å². The van der Waals surface area contributed by atoms with Gasteiger partial charge in [0, 0.05) is 24.1 Å². The monoisotopic (exact) mass is 289 g/mol. The summed E-state index contributed by atoms with van der Waals surface area (Å²) in [4.78, 5) is 4.30. The van der Waals surface area contributed by atoms with E-state index in [1.807, 2.05) is 0 Å². The van der Waals surface area contributed by atoms with E-state index in [0.29, 0.717) is 18.4 Å². The first-order valence-electron chi connectivity index (χ1n) is 6.20. The molecule has 1 aliphatic rings. The summed E-state index contributed by atoms with van der Waals surface area (Å²) >= 11 is 11.8. The van der Waals surface area contributed by atoms with Crippen molar-refractivity contribution in [2.24, 2.45) is 0 Å². The van der Waals surface area contributed by atoms with Crippen molar-refractivity contribution in [1.82, 2.24) is 4.98 Å². The molecule has 0 N–H and O–H groups in total. The Morgan fingerprint density at radius 2 is 2.22 bits per heavy atom. The first-order valence-corrected chi connectivity index (χ1v) is 7.26. The number of pyridine rings is 1. The zero-order valence-corrected chi connectivity index (χ0v) is 11.9. The predicted molar refractivity (Wildman–Crippen MR) is 72.1 cm³/mol. The van der Waals surface area contributed by atoms with E-state index >= 15 is 0 Å². The lowest BCUT2D eigenvalue weighted by Gasteiger charge is -2.28. The third kappa shape index (κ3) is 2.90. The Labute approximate surface area is 117 Å². The van der Waals surface area contributed by atoms with Crippen LogP contribution in [-0.4, -0.2) is 11.3 Å². The van der Waals surface area contributed by atoms with Crippen molar-refractivity contribution in [3.63, 3.8) is 0 Å². The fraction of sp³-hybridized carbons (Fsp3) is 0.615. The van der Waals surface area contributed by atoms with Crippen LogP contribution in [0.25, 0.3) is 0 Å². The first kappa shape index (κ1) is 13.9. The number of unbranched alkanes of at least 4 members (excludes halogenated alkanes) is 1. The van der Waals surface area contributed by atoms with Crippen molar-refractivity contribution in [2.45, 2.75) is 50.8 Å². The Morgan fingerprint density at radius 3 is 2.89 bits per heavy atom. The van der Waals surface area contributed by atoms with Gasteiger partial charge < -0.3 is 9.47 Å². The maximum Gasteiger partial charge on any atom is 0.200 e. The van der Waals surface area contributed by atoms with Crippen LogP contribution in [0.1, 0.15) is 43.0 Å². The van der Waals surface area contributed by atoms with E-state index in [4.69, 9.17) is 32.7 Å². The second-order valence-corrected chi connectivity index (χ2v) is 4.84. The molecule has 0 saturated heterocycles. The van der Waals surface area contributed by atoms with Gasteiger partial charge in [-0.1, -0.05) is 13.3 Å². The van der Waals surface area contributed by atoms with Gasteiger partial charge in [-0.15, -0.1) is 23.2 Å². The third-order valence-corrected chi connectivity index (χ3v) is 3.57. The summed E-state index contributed by atoms with van der Waals surface area (Å²) in [7, 11) is 0. The molecule has 3 nitrogen and oxygen atoms in total. The fourth-order valence-electron chi connectivity index (χ4n) is 1.97. The predicted octanol–water partition coefficient (Wildman–Crippen LogP) is 3.98. The van der Waals surface area contributed by atoms with E-state index in [2.05, 4.69) is 11.9 Å². The number of ether oxygens (including phenoxy) is 2. The van der Waals surface area contributed by atoms with Crippen molar-refractivity contribution in [3.8, 4) is 5.75 Å². The van der Waals surface area contributed by atoms with Crippen LogP contribution >= 0.6 is 23.2 Å². The van der Waals surface area contributed by atoms with Crippen molar-refractivity contribution >= 4 is 23.2 Å². The van der Waals surface area contributed by atoms with Gasteiger partial charge in [-0.25, -0.2) is 0 Å². The molecular weight excluding hydrogens is 273 g/mol. The highest BCUT2D eigenvalue weighted by atomic mass is 35.5. The Kier molecular flexibility index (Phi) is 5.10. The smallest absolute Gasteiger partial charge is 0.200 e. The first-order chi connectivity index (χ1) is 8.80. The number of alkyl halides is 2. The van der Waals surface area contributed by atoms with E-state index < -0.39 is 0 Å². The molecule has 0 radical (unpaired) electrons. The van der Waals surface area contributed by atoms with Gasteiger partial charge in [-0.3, -0.25) is 4.98 Å². The molecule has 0 fully saturated rings. The topological polar surface area (TPSA) is 31.4 Å². The van der Waals surface area contributed by atoms with Crippen LogP contribution in [0.2, 0.25) is 0 Å². The summed E-state index contributed by atoms with van der Waals surface area (Å²) < 4.78 is 11.6. The molecule has 18 heavy (non-hydrogen) atoms. The zero-order chi connectivity index (χ0) is 13.0. The lowest BCUT2D eigenvalue weighted by Crippen LogP contribution is -2.27. The molecule has 0 aliphatic carbocycles. The Hall–Kier alpha value is -0.510. The number of rotatable bonds is 5. The Bertz CT molecular complexity index is 412. The van der Waals surface area contributed by atoms with Crippen LogP contribution in [-0.2, 0) is 23.1 Å². The molecule has 5 heteroatoms. The SMILES string of the molecule is CCCCC1OCc2c(CCl)cnc(CCl)c2O1. The lowest BCUT2D eigenvalue weighted by molar-refractivity contribution is -0.113. The molecule has 0 saturated carbocycles.